The van der Waals surface area contributed by atoms with Crippen LogP contribution in [-0.2, 0) is 17.6 Å². The summed E-state index contributed by atoms with van der Waals surface area (Å²) in [7, 11) is 0. The average molecular weight is 258 g/mol. The Labute approximate surface area is 110 Å². The number of nitrogens with zero attached hydrogens (tertiary/aromatic N) is 2. The lowest BCUT2D eigenvalue weighted by Crippen LogP contribution is -2.12. The maximum Gasteiger partial charge on any atom is 0.312 e. The molecule has 19 heavy (non-hydrogen) atoms. The quantitative estimate of drug-likeness (QED) is 0.913. The van der Waals surface area contributed by atoms with Gasteiger partial charge in [-0.1, -0.05) is 29.4 Å². The molecule has 0 amide bonds. The minimum atomic E-state index is -0.959. The molecule has 1 atom stereocenters. The molecule has 0 bridgehead atoms. The lowest BCUT2D eigenvalue weighted by atomic mass is 9.82. The van der Waals surface area contributed by atoms with Crippen molar-refractivity contribution in [3.8, 4) is 0 Å². The summed E-state index contributed by atoms with van der Waals surface area (Å²) in [4.78, 5) is 14.8. The summed E-state index contributed by atoms with van der Waals surface area (Å²) in [6.45, 7) is 0. The zero-order valence-corrected chi connectivity index (χ0v) is 10.4. The van der Waals surface area contributed by atoms with Gasteiger partial charge in [-0.2, -0.15) is 4.98 Å². The van der Waals surface area contributed by atoms with Crippen LogP contribution in [0.2, 0.25) is 0 Å². The van der Waals surface area contributed by atoms with Crippen LogP contribution in [-0.4, -0.2) is 21.2 Å². The first-order valence-corrected chi connectivity index (χ1v) is 6.36. The second-order valence-corrected chi connectivity index (χ2v) is 4.76. The summed E-state index contributed by atoms with van der Waals surface area (Å²) in [5.74, 6) is -0.0653. The highest BCUT2D eigenvalue weighted by Gasteiger charge is 2.25. The van der Waals surface area contributed by atoms with Gasteiger partial charge in [0, 0.05) is 5.92 Å². The molecule has 0 aliphatic heterocycles. The van der Waals surface area contributed by atoms with E-state index in [0.717, 1.165) is 19.3 Å². The molecule has 0 saturated heterocycles. The van der Waals surface area contributed by atoms with E-state index >= 15 is 0 Å². The predicted molar refractivity (Wildman–Crippen MR) is 66.9 cm³/mol. The fourth-order valence-corrected chi connectivity index (χ4v) is 2.63. The van der Waals surface area contributed by atoms with Gasteiger partial charge in [-0.3, -0.25) is 4.79 Å². The molecule has 1 aromatic heterocycles. The third-order valence-corrected chi connectivity index (χ3v) is 3.47. The number of aryl methyl sites for hydroxylation is 1. The highest BCUT2D eigenvalue weighted by molar-refractivity contribution is 5.68. The van der Waals surface area contributed by atoms with Crippen LogP contribution in [0.3, 0.4) is 0 Å². The molecule has 0 radical (unpaired) electrons. The molecular formula is C14H14N2O3. The molecule has 3 rings (SSSR count). The average Bonchev–Trinajstić information content (AvgIpc) is 2.85. The summed E-state index contributed by atoms with van der Waals surface area (Å²) in [5, 5.41) is 12.7. The van der Waals surface area contributed by atoms with E-state index < -0.39 is 5.97 Å². The fraction of sp³-hybridized carbons (Fsp3) is 0.357. The van der Waals surface area contributed by atoms with Crippen molar-refractivity contribution in [2.24, 2.45) is 0 Å². The fourth-order valence-electron chi connectivity index (χ4n) is 2.63. The molecular weight excluding hydrogens is 244 g/mol. The van der Waals surface area contributed by atoms with Gasteiger partial charge in [0.25, 0.3) is 0 Å². The van der Waals surface area contributed by atoms with E-state index in [9.17, 15) is 4.79 Å². The number of carbonyl (C=O) groups is 1. The molecule has 1 heterocycles. The van der Waals surface area contributed by atoms with Crippen molar-refractivity contribution in [1.29, 1.82) is 0 Å². The van der Waals surface area contributed by atoms with Gasteiger partial charge in [0.15, 0.2) is 5.82 Å². The standard InChI is InChI=1S/C14H14N2O3/c17-13(18)8-12-15-14(16-19-12)11-7-3-5-9-4-1-2-6-10(9)11/h1-2,4,6,11H,3,5,7-8H2,(H,17,18). The number of benzene rings is 1. The topological polar surface area (TPSA) is 76.2 Å². The Morgan fingerprint density at radius 2 is 2.26 bits per heavy atom. The van der Waals surface area contributed by atoms with E-state index in [1.807, 2.05) is 12.1 Å². The van der Waals surface area contributed by atoms with Crippen LogP contribution < -0.4 is 0 Å². The molecule has 2 aromatic rings. The minimum Gasteiger partial charge on any atom is -0.481 e. The Morgan fingerprint density at radius 1 is 1.42 bits per heavy atom. The first-order chi connectivity index (χ1) is 9.24. The molecule has 1 aliphatic carbocycles. The van der Waals surface area contributed by atoms with Gasteiger partial charge in [-0.25, -0.2) is 0 Å². The van der Waals surface area contributed by atoms with Crippen LogP contribution in [0.4, 0.5) is 0 Å². The minimum absolute atomic E-state index is 0.122. The van der Waals surface area contributed by atoms with Gasteiger partial charge in [0.1, 0.15) is 6.42 Å². The van der Waals surface area contributed by atoms with Gasteiger partial charge in [-0.05, 0) is 30.4 Å². The Hall–Kier alpha value is -2.17. The normalized spacial score (nSPS) is 18.0. The first-order valence-electron chi connectivity index (χ1n) is 6.36. The van der Waals surface area contributed by atoms with Gasteiger partial charge >= 0.3 is 5.97 Å². The van der Waals surface area contributed by atoms with Crippen LogP contribution in [0.1, 0.15) is 41.6 Å². The lowest BCUT2D eigenvalue weighted by Gasteiger charge is -2.22. The van der Waals surface area contributed by atoms with Crippen molar-refractivity contribution in [2.75, 3.05) is 0 Å². The second-order valence-electron chi connectivity index (χ2n) is 4.76. The Bertz CT molecular complexity index is 606. The monoisotopic (exact) mass is 258 g/mol. The largest absolute Gasteiger partial charge is 0.481 e. The SMILES string of the molecule is O=C(O)Cc1nc(C2CCCc3ccccc32)no1. The van der Waals surface area contributed by atoms with Crippen LogP contribution in [0, 0.1) is 0 Å². The number of aliphatic carboxylic acids is 1. The van der Waals surface area contributed by atoms with Crippen molar-refractivity contribution in [1.82, 2.24) is 10.1 Å². The van der Waals surface area contributed by atoms with E-state index in [1.165, 1.54) is 11.1 Å². The molecule has 1 aromatic carbocycles. The summed E-state index contributed by atoms with van der Waals surface area (Å²) in [6, 6.07) is 8.26. The second kappa shape index (κ2) is 4.84. The maximum absolute atomic E-state index is 10.6. The maximum atomic E-state index is 10.6. The summed E-state index contributed by atoms with van der Waals surface area (Å²) in [6.07, 6.45) is 2.92. The predicted octanol–water partition coefficient (Wildman–Crippen LogP) is 2.16. The third kappa shape index (κ3) is 2.36. The van der Waals surface area contributed by atoms with Crippen molar-refractivity contribution >= 4 is 5.97 Å². The van der Waals surface area contributed by atoms with Crippen LogP contribution >= 0.6 is 0 Å². The molecule has 1 unspecified atom stereocenters. The van der Waals surface area contributed by atoms with Crippen molar-refractivity contribution in [3.05, 3.63) is 47.1 Å². The van der Waals surface area contributed by atoms with Gasteiger partial charge in [0.2, 0.25) is 5.89 Å². The number of fused-ring (bicyclic) bond motifs is 1. The van der Waals surface area contributed by atoms with Crippen LogP contribution in [0.5, 0.6) is 0 Å². The van der Waals surface area contributed by atoms with Gasteiger partial charge in [-0.15, -0.1) is 0 Å². The Morgan fingerprint density at radius 3 is 3.11 bits per heavy atom. The summed E-state index contributed by atoms with van der Waals surface area (Å²) >= 11 is 0. The number of carboxylic acid groups (broad SMARTS) is 1. The Balaban J connectivity index is 1.91. The molecule has 1 N–H and O–H groups in total. The third-order valence-electron chi connectivity index (χ3n) is 3.47. The molecule has 0 saturated carbocycles. The highest BCUT2D eigenvalue weighted by Crippen LogP contribution is 2.35. The zero-order chi connectivity index (χ0) is 13.2. The summed E-state index contributed by atoms with van der Waals surface area (Å²) in [5.41, 5.74) is 2.56. The molecule has 98 valence electrons. The van der Waals surface area contributed by atoms with E-state index in [0.29, 0.717) is 5.82 Å². The van der Waals surface area contributed by atoms with Crippen LogP contribution in [0.25, 0.3) is 0 Å². The van der Waals surface area contributed by atoms with Crippen LogP contribution in [0.15, 0.2) is 28.8 Å². The van der Waals surface area contributed by atoms with E-state index in [2.05, 4.69) is 22.3 Å². The first kappa shape index (κ1) is 11.9. The van der Waals surface area contributed by atoms with E-state index in [4.69, 9.17) is 9.63 Å². The van der Waals surface area contributed by atoms with Gasteiger partial charge in [0.05, 0.1) is 0 Å². The highest BCUT2D eigenvalue weighted by atomic mass is 16.5. The van der Waals surface area contributed by atoms with Crippen molar-refractivity contribution in [2.45, 2.75) is 31.6 Å². The number of hydrogen-bond acceptors (Lipinski definition) is 4. The molecule has 0 fully saturated rings. The Kier molecular flexibility index (Phi) is 3.03. The number of rotatable bonds is 3. The summed E-state index contributed by atoms with van der Waals surface area (Å²) < 4.78 is 5.00. The number of aromatic nitrogens is 2. The smallest absolute Gasteiger partial charge is 0.312 e. The lowest BCUT2D eigenvalue weighted by molar-refractivity contribution is -0.136. The van der Waals surface area contributed by atoms with E-state index in [-0.39, 0.29) is 18.2 Å². The zero-order valence-electron chi connectivity index (χ0n) is 10.4. The molecule has 5 nitrogen and oxygen atoms in total. The molecule has 0 spiro atoms. The number of carboxylic acids is 1. The van der Waals surface area contributed by atoms with E-state index in [1.54, 1.807) is 0 Å². The molecule has 1 aliphatic rings. The van der Waals surface area contributed by atoms with Gasteiger partial charge < -0.3 is 9.63 Å². The van der Waals surface area contributed by atoms with Crippen molar-refractivity contribution in [3.63, 3.8) is 0 Å². The molecule has 5 heteroatoms. The van der Waals surface area contributed by atoms with Crippen molar-refractivity contribution < 1.29 is 14.4 Å². The number of hydrogen-bond donors (Lipinski definition) is 1.